The Morgan fingerprint density at radius 2 is 2.03 bits per heavy atom. The fraction of sp³-hybridized carbons (Fsp3) is 0.182. The highest BCUT2D eigenvalue weighted by molar-refractivity contribution is 14.1. The second kappa shape index (κ2) is 8.83. The molecule has 0 saturated heterocycles. The maximum Gasteiger partial charge on any atom is 0.283 e. The van der Waals surface area contributed by atoms with Gasteiger partial charge >= 0.3 is 0 Å². The number of hydrogen-bond acceptors (Lipinski definition) is 6. The standard InChI is InChI=1S/C22H19IN4O3S/c1-12-6-4-5-7-15(12)11-30-19-17(23)9-14(10-18(19)29-3)8-16-20(24)27-22(25-21(16)28)31-13(2)26-27/h4-10,24H,11H2,1-3H3/b16-8-,24-20?. The van der Waals surface area contributed by atoms with E-state index >= 15 is 0 Å². The van der Waals surface area contributed by atoms with Gasteiger partial charge in [-0.2, -0.15) is 15.1 Å². The molecule has 4 rings (SSSR count). The number of halogens is 1. The fourth-order valence-corrected chi connectivity index (χ4v) is 4.65. The lowest BCUT2D eigenvalue weighted by Gasteiger charge is -2.20. The summed E-state index contributed by atoms with van der Waals surface area (Å²) < 4.78 is 12.5. The van der Waals surface area contributed by atoms with Crippen LogP contribution in [0.5, 0.6) is 11.5 Å². The van der Waals surface area contributed by atoms with Gasteiger partial charge in [-0.15, -0.1) is 0 Å². The maximum absolute atomic E-state index is 12.5. The van der Waals surface area contributed by atoms with Gasteiger partial charge in [0.1, 0.15) is 6.61 Å². The van der Waals surface area contributed by atoms with Crippen molar-refractivity contribution >= 4 is 62.4 Å². The van der Waals surface area contributed by atoms with Crippen LogP contribution in [0.1, 0.15) is 23.6 Å². The third-order valence-electron chi connectivity index (χ3n) is 4.75. The molecule has 1 N–H and O–H groups in total. The van der Waals surface area contributed by atoms with Crippen molar-refractivity contribution in [2.75, 3.05) is 7.11 Å². The van der Waals surface area contributed by atoms with E-state index in [2.05, 4.69) is 32.7 Å². The molecular weight excluding hydrogens is 527 g/mol. The Balaban J connectivity index is 1.63. The molecule has 2 aliphatic heterocycles. The third-order valence-corrected chi connectivity index (χ3v) is 6.38. The van der Waals surface area contributed by atoms with Gasteiger partial charge in [-0.1, -0.05) is 24.3 Å². The number of methoxy groups -OCH3 is 1. The van der Waals surface area contributed by atoms with Gasteiger partial charge in [0.15, 0.2) is 17.3 Å². The van der Waals surface area contributed by atoms with Crippen molar-refractivity contribution in [2.24, 2.45) is 10.1 Å². The summed E-state index contributed by atoms with van der Waals surface area (Å²) in [5.74, 6) is 0.739. The second-order valence-electron chi connectivity index (χ2n) is 6.89. The summed E-state index contributed by atoms with van der Waals surface area (Å²) in [7, 11) is 1.58. The van der Waals surface area contributed by atoms with Gasteiger partial charge in [0, 0.05) is 0 Å². The molecule has 0 bridgehead atoms. The normalized spacial score (nSPS) is 16.9. The molecule has 0 spiro atoms. The van der Waals surface area contributed by atoms with Crippen molar-refractivity contribution in [3.8, 4) is 11.5 Å². The van der Waals surface area contributed by atoms with Crippen LogP contribution in [0.25, 0.3) is 6.08 Å². The number of aliphatic imine (C=N–C) groups is 1. The molecule has 2 aromatic carbocycles. The van der Waals surface area contributed by atoms with E-state index in [9.17, 15) is 4.79 Å². The molecule has 2 heterocycles. The first kappa shape index (κ1) is 21.6. The molecule has 0 unspecified atom stereocenters. The number of rotatable bonds is 5. The Hall–Kier alpha value is -2.66. The number of carbonyl (C=O) groups is 1. The smallest absolute Gasteiger partial charge is 0.283 e. The molecule has 0 aromatic heterocycles. The number of nitrogens with one attached hydrogen (secondary N) is 1. The Morgan fingerprint density at radius 3 is 2.77 bits per heavy atom. The van der Waals surface area contributed by atoms with Crippen LogP contribution in [-0.4, -0.2) is 34.1 Å². The van der Waals surface area contributed by atoms with E-state index in [0.717, 1.165) is 19.7 Å². The van der Waals surface area contributed by atoms with Crippen molar-refractivity contribution in [3.05, 3.63) is 62.2 Å². The molecule has 0 saturated carbocycles. The molecule has 0 atom stereocenters. The van der Waals surface area contributed by atoms with Crippen LogP contribution < -0.4 is 9.47 Å². The zero-order chi connectivity index (χ0) is 22.1. The minimum atomic E-state index is -0.456. The number of fused-ring (bicyclic) bond motifs is 1. The zero-order valence-electron chi connectivity index (χ0n) is 17.1. The van der Waals surface area contributed by atoms with E-state index < -0.39 is 5.91 Å². The lowest BCUT2D eigenvalue weighted by atomic mass is 10.1. The number of hydrazone groups is 1. The first-order chi connectivity index (χ1) is 14.9. The monoisotopic (exact) mass is 546 g/mol. The number of thioether (sulfide) groups is 1. The average Bonchev–Trinajstić information content (AvgIpc) is 3.11. The number of benzene rings is 2. The minimum absolute atomic E-state index is 0.00760. The number of amidine groups is 2. The Labute approximate surface area is 197 Å². The quantitative estimate of drug-likeness (QED) is 0.429. The first-order valence-electron chi connectivity index (χ1n) is 9.39. The predicted molar refractivity (Wildman–Crippen MR) is 132 cm³/mol. The van der Waals surface area contributed by atoms with Crippen molar-refractivity contribution in [1.82, 2.24) is 5.01 Å². The SMILES string of the molecule is COc1cc(/C=C2/C(=N)N3N=C(C)SC3=NC2=O)cc(I)c1OCc1ccccc1C. The van der Waals surface area contributed by atoms with E-state index in [-0.39, 0.29) is 11.4 Å². The van der Waals surface area contributed by atoms with E-state index in [1.807, 2.05) is 44.2 Å². The summed E-state index contributed by atoms with van der Waals surface area (Å²) in [5, 5.41) is 15.2. The van der Waals surface area contributed by atoms with Gasteiger partial charge < -0.3 is 9.47 Å². The van der Waals surface area contributed by atoms with Gasteiger partial charge in [0.25, 0.3) is 5.91 Å². The summed E-state index contributed by atoms with van der Waals surface area (Å²) in [6.45, 7) is 4.28. The van der Waals surface area contributed by atoms with Crippen LogP contribution >= 0.6 is 34.4 Å². The zero-order valence-corrected chi connectivity index (χ0v) is 20.1. The summed E-state index contributed by atoms with van der Waals surface area (Å²) in [6, 6.07) is 11.7. The highest BCUT2D eigenvalue weighted by atomic mass is 127. The van der Waals surface area contributed by atoms with Crippen LogP contribution in [-0.2, 0) is 11.4 Å². The van der Waals surface area contributed by atoms with Crippen LogP contribution in [0.15, 0.2) is 52.1 Å². The molecule has 2 aromatic rings. The van der Waals surface area contributed by atoms with E-state index in [1.54, 1.807) is 19.3 Å². The molecule has 9 heteroatoms. The Bertz CT molecular complexity index is 1190. The van der Waals surface area contributed by atoms with Crippen molar-refractivity contribution in [3.63, 3.8) is 0 Å². The van der Waals surface area contributed by atoms with Gasteiger partial charge in [0.2, 0.25) is 5.17 Å². The summed E-state index contributed by atoms with van der Waals surface area (Å²) in [4.78, 5) is 16.6. The lowest BCUT2D eigenvalue weighted by Crippen LogP contribution is -2.35. The molecular formula is C22H19IN4O3S. The minimum Gasteiger partial charge on any atom is -0.493 e. The number of nitrogens with zero attached hydrogens (tertiary/aromatic N) is 3. The van der Waals surface area contributed by atoms with Gasteiger partial charge in [0.05, 0.1) is 21.3 Å². The van der Waals surface area contributed by atoms with E-state index in [1.165, 1.54) is 16.8 Å². The molecule has 7 nitrogen and oxygen atoms in total. The lowest BCUT2D eigenvalue weighted by molar-refractivity contribution is -0.114. The topological polar surface area (TPSA) is 87.3 Å². The van der Waals surface area contributed by atoms with E-state index in [4.69, 9.17) is 14.9 Å². The summed E-state index contributed by atoms with van der Waals surface area (Å²) in [5.41, 5.74) is 3.14. The fourth-order valence-electron chi connectivity index (χ4n) is 3.14. The van der Waals surface area contributed by atoms with Crippen LogP contribution in [0, 0.1) is 15.9 Å². The average molecular weight is 546 g/mol. The summed E-state index contributed by atoms with van der Waals surface area (Å²) >= 11 is 3.46. The largest absolute Gasteiger partial charge is 0.493 e. The predicted octanol–water partition coefficient (Wildman–Crippen LogP) is 4.83. The number of carbonyl (C=O) groups excluding carboxylic acids is 1. The summed E-state index contributed by atoms with van der Waals surface area (Å²) in [6.07, 6.45) is 1.63. The van der Waals surface area contributed by atoms with Crippen LogP contribution in [0.2, 0.25) is 0 Å². The second-order valence-corrected chi connectivity index (χ2v) is 9.21. The van der Waals surface area contributed by atoms with Crippen LogP contribution in [0.3, 0.4) is 0 Å². The van der Waals surface area contributed by atoms with E-state index in [0.29, 0.717) is 28.8 Å². The van der Waals surface area contributed by atoms with Crippen molar-refractivity contribution in [2.45, 2.75) is 20.5 Å². The third kappa shape index (κ3) is 4.38. The molecule has 0 radical (unpaired) electrons. The number of amides is 1. The number of hydrogen-bond donors (Lipinski definition) is 1. The van der Waals surface area contributed by atoms with Gasteiger partial charge in [-0.25, -0.2) is 0 Å². The number of ether oxygens (including phenoxy) is 2. The molecule has 2 aliphatic rings. The van der Waals surface area contributed by atoms with Crippen molar-refractivity contribution in [1.29, 1.82) is 5.41 Å². The maximum atomic E-state index is 12.5. The van der Waals surface area contributed by atoms with Crippen molar-refractivity contribution < 1.29 is 14.3 Å². The molecule has 0 fully saturated rings. The highest BCUT2D eigenvalue weighted by Gasteiger charge is 2.34. The Kier molecular flexibility index (Phi) is 6.15. The highest BCUT2D eigenvalue weighted by Crippen LogP contribution is 2.36. The molecule has 158 valence electrons. The van der Waals surface area contributed by atoms with Gasteiger partial charge in [-0.05, 0) is 83.1 Å². The first-order valence-corrected chi connectivity index (χ1v) is 11.3. The number of aryl methyl sites for hydroxylation is 1. The molecule has 0 aliphatic carbocycles. The molecule has 31 heavy (non-hydrogen) atoms. The molecule has 1 amide bonds. The van der Waals surface area contributed by atoms with Gasteiger partial charge in [-0.3, -0.25) is 10.2 Å². The van der Waals surface area contributed by atoms with Crippen LogP contribution in [0.4, 0.5) is 0 Å². The Morgan fingerprint density at radius 1 is 1.26 bits per heavy atom.